The van der Waals surface area contributed by atoms with Gasteiger partial charge in [0.05, 0.1) is 7.11 Å². The SMILES string of the molecule is COC(=O)[C@H](CC(C)C)NC(=O)C(Cc1ccccc1)NC(=O)CC[C@H]1Cc2ccccc2O1. The van der Waals surface area contributed by atoms with Gasteiger partial charge in [-0.3, -0.25) is 9.59 Å². The molecule has 0 saturated carbocycles. The Morgan fingerprint density at radius 1 is 1.00 bits per heavy atom. The van der Waals surface area contributed by atoms with E-state index in [2.05, 4.69) is 10.6 Å². The van der Waals surface area contributed by atoms with Crippen LogP contribution in [0.15, 0.2) is 54.6 Å². The Hall–Kier alpha value is -3.35. The van der Waals surface area contributed by atoms with Gasteiger partial charge in [0.25, 0.3) is 0 Å². The number of nitrogens with one attached hydrogen (secondary N) is 2. The molecule has 182 valence electrons. The van der Waals surface area contributed by atoms with E-state index in [0.717, 1.165) is 23.3 Å². The lowest BCUT2D eigenvalue weighted by atomic mass is 10.0. The van der Waals surface area contributed by atoms with Crippen molar-refractivity contribution < 1.29 is 23.9 Å². The molecule has 3 rings (SSSR count). The number of methoxy groups -OCH3 is 1. The third-order valence-corrected chi connectivity index (χ3v) is 5.85. The fourth-order valence-corrected chi connectivity index (χ4v) is 4.13. The van der Waals surface area contributed by atoms with Gasteiger partial charge in [-0.2, -0.15) is 0 Å². The van der Waals surface area contributed by atoms with Crippen molar-refractivity contribution in [3.63, 3.8) is 0 Å². The number of amides is 2. The smallest absolute Gasteiger partial charge is 0.328 e. The quantitative estimate of drug-likeness (QED) is 0.496. The summed E-state index contributed by atoms with van der Waals surface area (Å²) in [5.41, 5.74) is 2.06. The van der Waals surface area contributed by atoms with Crippen LogP contribution in [0.4, 0.5) is 0 Å². The fraction of sp³-hybridized carbons (Fsp3) is 0.444. The van der Waals surface area contributed by atoms with Crippen LogP contribution < -0.4 is 15.4 Å². The van der Waals surface area contributed by atoms with E-state index in [1.165, 1.54) is 7.11 Å². The highest BCUT2D eigenvalue weighted by atomic mass is 16.5. The summed E-state index contributed by atoms with van der Waals surface area (Å²) in [7, 11) is 1.30. The number of carbonyl (C=O) groups excluding carboxylic acids is 3. The molecule has 0 spiro atoms. The van der Waals surface area contributed by atoms with E-state index >= 15 is 0 Å². The summed E-state index contributed by atoms with van der Waals surface area (Å²) >= 11 is 0. The standard InChI is InChI=1S/C27H34N2O5/c1-18(2)15-23(27(32)33-3)29-26(31)22(16-19-9-5-4-6-10-19)28-25(30)14-13-21-17-20-11-7-8-12-24(20)34-21/h4-12,18,21-23H,13-17H2,1-3H3,(H,28,30)(H,29,31)/t21-,22?,23-/m0/s1. The molecule has 0 bridgehead atoms. The zero-order valence-corrected chi connectivity index (χ0v) is 20.1. The van der Waals surface area contributed by atoms with Crippen molar-refractivity contribution in [1.82, 2.24) is 10.6 Å². The van der Waals surface area contributed by atoms with Crippen LogP contribution in [0.25, 0.3) is 0 Å². The van der Waals surface area contributed by atoms with Crippen molar-refractivity contribution in [1.29, 1.82) is 0 Å². The first-order chi connectivity index (χ1) is 16.4. The van der Waals surface area contributed by atoms with Gasteiger partial charge in [0, 0.05) is 19.3 Å². The molecule has 3 atom stereocenters. The molecular weight excluding hydrogens is 432 g/mol. The van der Waals surface area contributed by atoms with Crippen molar-refractivity contribution >= 4 is 17.8 Å². The van der Waals surface area contributed by atoms with E-state index in [4.69, 9.17) is 9.47 Å². The first-order valence-electron chi connectivity index (χ1n) is 11.8. The third kappa shape index (κ3) is 7.33. The molecule has 0 radical (unpaired) electrons. The van der Waals surface area contributed by atoms with Gasteiger partial charge in [0.1, 0.15) is 23.9 Å². The van der Waals surface area contributed by atoms with Crippen LogP contribution in [0.1, 0.15) is 44.2 Å². The Morgan fingerprint density at radius 3 is 2.38 bits per heavy atom. The molecule has 0 aromatic heterocycles. The second kappa shape index (κ2) is 12.2. The second-order valence-electron chi connectivity index (χ2n) is 9.11. The third-order valence-electron chi connectivity index (χ3n) is 5.85. The molecule has 1 heterocycles. The predicted octanol–water partition coefficient (Wildman–Crippen LogP) is 3.20. The maximum atomic E-state index is 13.1. The van der Waals surface area contributed by atoms with Crippen molar-refractivity contribution in [3.8, 4) is 5.75 Å². The van der Waals surface area contributed by atoms with Crippen molar-refractivity contribution in [2.24, 2.45) is 5.92 Å². The molecule has 2 N–H and O–H groups in total. The Kier molecular flexibility index (Phi) is 9.08. The average Bonchev–Trinajstić information content (AvgIpc) is 3.25. The number of rotatable bonds is 11. The average molecular weight is 467 g/mol. The molecule has 2 aromatic rings. The van der Waals surface area contributed by atoms with Crippen LogP contribution in [-0.2, 0) is 32.0 Å². The zero-order chi connectivity index (χ0) is 24.5. The minimum absolute atomic E-state index is 0.0562. The highest BCUT2D eigenvalue weighted by Crippen LogP contribution is 2.29. The van der Waals surface area contributed by atoms with E-state index in [9.17, 15) is 14.4 Å². The minimum Gasteiger partial charge on any atom is -0.490 e. The number of fused-ring (bicyclic) bond motifs is 1. The summed E-state index contributed by atoms with van der Waals surface area (Å²) in [6.45, 7) is 3.93. The maximum Gasteiger partial charge on any atom is 0.328 e. The van der Waals surface area contributed by atoms with E-state index in [0.29, 0.717) is 19.3 Å². The fourth-order valence-electron chi connectivity index (χ4n) is 4.13. The van der Waals surface area contributed by atoms with E-state index < -0.39 is 24.0 Å². The van der Waals surface area contributed by atoms with Crippen LogP contribution in [0.2, 0.25) is 0 Å². The van der Waals surface area contributed by atoms with Crippen molar-refractivity contribution in [2.75, 3.05) is 7.11 Å². The largest absolute Gasteiger partial charge is 0.490 e. The molecule has 2 aromatic carbocycles. The van der Waals surface area contributed by atoms with E-state index in [1.54, 1.807) is 0 Å². The summed E-state index contributed by atoms with van der Waals surface area (Å²) in [5.74, 6) is -0.0768. The number of hydrogen-bond acceptors (Lipinski definition) is 5. The van der Waals surface area contributed by atoms with Crippen LogP contribution in [0, 0.1) is 5.92 Å². The number of benzene rings is 2. The molecule has 1 aliphatic rings. The summed E-state index contributed by atoms with van der Waals surface area (Å²) < 4.78 is 10.8. The lowest BCUT2D eigenvalue weighted by Crippen LogP contribution is -2.53. The van der Waals surface area contributed by atoms with Gasteiger partial charge in [-0.05, 0) is 36.0 Å². The number of esters is 1. The summed E-state index contributed by atoms with van der Waals surface area (Å²) in [6, 6.07) is 15.8. The molecule has 2 amide bonds. The van der Waals surface area contributed by atoms with Gasteiger partial charge in [-0.15, -0.1) is 0 Å². The van der Waals surface area contributed by atoms with E-state index in [-0.39, 0.29) is 24.3 Å². The molecule has 7 heteroatoms. The summed E-state index contributed by atoms with van der Waals surface area (Å²) in [6.07, 6.45) is 2.28. The number of hydrogen-bond donors (Lipinski definition) is 2. The summed E-state index contributed by atoms with van der Waals surface area (Å²) in [5, 5.41) is 5.65. The Balaban J connectivity index is 1.62. The lowest BCUT2D eigenvalue weighted by molar-refractivity contribution is -0.145. The molecule has 7 nitrogen and oxygen atoms in total. The highest BCUT2D eigenvalue weighted by Gasteiger charge is 2.29. The number of ether oxygens (including phenoxy) is 2. The van der Waals surface area contributed by atoms with Gasteiger partial charge >= 0.3 is 5.97 Å². The normalized spacial score (nSPS) is 16.2. The molecule has 0 fully saturated rings. The number of carbonyl (C=O) groups is 3. The van der Waals surface area contributed by atoms with Crippen molar-refractivity contribution in [2.45, 2.75) is 64.1 Å². The lowest BCUT2D eigenvalue weighted by Gasteiger charge is -2.23. The monoisotopic (exact) mass is 466 g/mol. The Morgan fingerprint density at radius 2 is 1.71 bits per heavy atom. The van der Waals surface area contributed by atoms with E-state index in [1.807, 2.05) is 68.4 Å². The van der Waals surface area contributed by atoms with Crippen LogP contribution in [-0.4, -0.2) is 43.1 Å². The Bertz CT molecular complexity index is 951. The Labute approximate surface area is 201 Å². The first-order valence-corrected chi connectivity index (χ1v) is 11.8. The highest BCUT2D eigenvalue weighted by molar-refractivity contribution is 5.91. The van der Waals surface area contributed by atoms with Crippen LogP contribution >= 0.6 is 0 Å². The molecule has 1 aliphatic heterocycles. The summed E-state index contributed by atoms with van der Waals surface area (Å²) in [4.78, 5) is 38.1. The maximum absolute atomic E-state index is 13.1. The molecule has 0 aliphatic carbocycles. The molecule has 1 unspecified atom stereocenters. The topological polar surface area (TPSA) is 93.7 Å². The van der Waals surface area contributed by atoms with Gasteiger partial charge in [-0.1, -0.05) is 62.4 Å². The zero-order valence-electron chi connectivity index (χ0n) is 20.1. The van der Waals surface area contributed by atoms with Crippen LogP contribution in [0.3, 0.4) is 0 Å². The molecular formula is C27H34N2O5. The molecule has 0 saturated heterocycles. The molecule has 34 heavy (non-hydrogen) atoms. The second-order valence-corrected chi connectivity index (χ2v) is 9.11. The van der Waals surface area contributed by atoms with Gasteiger partial charge < -0.3 is 20.1 Å². The van der Waals surface area contributed by atoms with Crippen molar-refractivity contribution in [3.05, 3.63) is 65.7 Å². The number of para-hydroxylation sites is 1. The minimum atomic E-state index is -0.809. The van der Waals surface area contributed by atoms with Gasteiger partial charge in [0.2, 0.25) is 11.8 Å². The van der Waals surface area contributed by atoms with Gasteiger partial charge in [-0.25, -0.2) is 4.79 Å². The van der Waals surface area contributed by atoms with Crippen LogP contribution in [0.5, 0.6) is 5.75 Å². The first kappa shape index (κ1) is 25.3. The van der Waals surface area contributed by atoms with Gasteiger partial charge in [0.15, 0.2) is 0 Å². The predicted molar refractivity (Wildman–Crippen MR) is 129 cm³/mol.